The van der Waals surface area contributed by atoms with Crippen molar-refractivity contribution >= 4 is 29.7 Å². The number of carbonyl (C=O) groups excluding carboxylic acids is 3. The zero-order valence-corrected chi connectivity index (χ0v) is 23.5. The molecule has 13 N–H and O–H groups in total. The zero-order chi connectivity index (χ0) is 30.9. The number of carboxylic acid groups (broad SMARTS) is 1. The average Bonchev–Trinajstić information content (AvgIpc) is 3.47. The minimum Gasteiger partial charge on any atom is -0.480 e. The van der Waals surface area contributed by atoms with Gasteiger partial charge in [-0.2, -0.15) is 0 Å². The highest BCUT2D eigenvalue weighted by molar-refractivity contribution is 5.94. The van der Waals surface area contributed by atoms with Crippen molar-refractivity contribution in [2.45, 2.75) is 69.1 Å². The van der Waals surface area contributed by atoms with E-state index in [0.29, 0.717) is 31.5 Å². The van der Waals surface area contributed by atoms with Crippen LogP contribution in [0.25, 0.3) is 0 Å². The number of hydrogen-bond acceptors (Lipinski definition) is 8. The number of nitrogens with one attached hydrogen (secondary N) is 4. The van der Waals surface area contributed by atoms with Crippen LogP contribution in [0.2, 0.25) is 0 Å². The molecule has 15 heteroatoms. The normalized spacial score (nSPS) is 13.7. The van der Waals surface area contributed by atoms with Crippen LogP contribution in [0.1, 0.15) is 43.4 Å². The molecule has 4 atom stereocenters. The van der Waals surface area contributed by atoms with Gasteiger partial charge in [-0.3, -0.25) is 19.4 Å². The number of aromatic nitrogens is 2. The van der Waals surface area contributed by atoms with Gasteiger partial charge in [0.15, 0.2) is 5.96 Å². The number of benzene rings is 1. The maximum absolute atomic E-state index is 13.4. The molecule has 0 aliphatic rings. The fraction of sp³-hybridized carbons (Fsp3) is 0.481. The van der Waals surface area contributed by atoms with Gasteiger partial charge in [0.1, 0.15) is 18.1 Å². The van der Waals surface area contributed by atoms with Crippen LogP contribution >= 0.6 is 0 Å². The number of unbranched alkanes of at least 4 members (excludes halogenated alkanes) is 1. The topological polar surface area (TPSA) is 270 Å². The van der Waals surface area contributed by atoms with Crippen molar-refractivity contribution in [2.75, 3.05) is 13.1 Å². The third-order valence-electron chi connectivity index (χ3n) is 6.39. The first-order valence-electron chi connectivity index (χ1n) is 13.8. The van der Waals surface area contributed by atoms with Gasteiger partial charge in [0.05, 0.1) is 12.4 Å². The van der Waals surface area contributed by atoms with E-state index in [2.05, 4.69) is 30.9 Å². The van der Waals surface area contributed by atoms with Gasteiger partial charge >= 0.3 is 5.97 Å². The van der Waals surface area contributed by atoms with Crippen molar-refractivity contribution in [3.8, 4) is 0 Å². The highest BCUT2D eigenvalue weighted by Crippen LogP contribution is 2.08. The fourth-order valence-corrected chi connectivity index (χ4v) is 4.13. The molecule has 0 fully saturated rings. The molecule has 42 heavy (non-hydrogen) atoms. The van der Waals surface area contributed by atoms with E-state index in [4.69, 9.17) is 22.9 Å². The molecule has 0 aliphatic carbocycles. The lowest BCUT2D eigenvalue weighted by Gasteiger charge is -2.25. The number of nitrogens with zero attached hydrogens (tertiary/aromatic N) is 2. The Hall–Kier alpha value is -4.50. The van der Waals surface area contributed by atoms with E-state index in [1.165, 1.54) is 12.5 Å². The van der Waals surface area contributed by atoms with Crippen molar-refractivity contribution in [1.82, 2.24) is 25.9 Å². The van der Waals surface area contributed by atoms with Crippen LogP contribution in [0.4, 0.5) is 0 Å². The number of hydrogen-bond donors (Lipinski definition) is 9. The van der Waals surface area contributed by atoms with E-state index >= 15 is 0 Å². The Morgan fingerprint density at radius 3 is 2.07 bits per heavy atom. The maximum Gasteiger partial charge on any atom is 0.326 e. The Morgan fingerprint density at radius 1 is 0.881 bits per heavy atom. The summed E-state index contributed by atoms with van der Waals surface area (Å²) in [6, 6.07) is 4.87. The predicted molar refractivity (Wildman–Crippen MR) is 157 cm³/mol. The van der Waals surface area contributed by atoms with Crippen LogP contribution in [-0.2, 0) is 32.0 Å². The number of nitrogens with two attached hydrogens (primary N) is 4. The second-order valence-electron chi connectivity index (χ2n) is 9.83. The number of imidazole rings is 1. The standard InChI is InChI=1S/C27H42N10O5/c28-11-5-4-9-20(25(40)37-22(26(41)42)14-18-15-32-16-34-18)36-24(39)21(10-6-12-33-27(30)31)35-23(38)19(29)13-17-7-2-1-3-8-17/h1-3,7-8,15-16,19-22H,4-6,9-14,28-29H2,(H,32,34)(H,35,38)(H,36,39)(H,37,40)(H,41,42)(H4,30,31,33). The maximum atomic E-state index is 13.4. The summed E-state index contributed by atoms with van der Waals surface area (Å²) in [4.78, 5) is 62.0. The molecule has 0 spiro atoms. The smallest absolute Gasteiger partial charge is 0.326 e. The SMILES string of the molecule is NCCCCC(NC(=O)C(CCCN=C(N)N)NC(=O)C(N)Cc1ccccc1)C(=O)NC(Cc1cnc[nH]1)C(=O)O. The highest BCUT2D eigenvalue weighted by Gasteiger charge is 2.30. The van der Waals surface area contributed by atoms with Crippen molar-refractivity contribution in [3.63, 3.8) is 0 Å². The van der Waals surface area contributed by atoms with Crippen LogP contribution in [0, 0.1) is 0 Å². The summed E-state index contributed by atoms with van der Waals surface area (Å²) in [5.74, 6) is -3.21. The van der Waals surface area contributed by atoms with Crippen molar-refractivity contribution in [2.24, 2.45) is 27.9 Å². The number of rotatable bonds is 19. The van der Waals surface area contributed by atoms with Crippen LogP contribution in [0.3, 0.4) is 0 Å². The summed E-state index contributed by atoms with van der Waals surface area (Å²) in [6.45, 7) is 0.592. The molecule has 2 aromatic rings. The molecular weight excluding hydrogens is 544 g/mol. The largest absolute Gasteiger partial charge is 0.480 e. The van der Waals surface area contributed by atoms with E-state index in [1.54, 1.807) is 0 Å². The summed E-state index contributed by atoms with van der Waals surface area (Å²) >= 11 is 0. The van der Waals surface area contributed by atoms with E-state index < -0.39 is 47.9 Å². The molecule has 2 rings (SSSR count). The second kappa shape index (κ2) is 18.0. The Balaban J connectivity index is 2.15. The van der Waals surface area contributed by atoms with Crippen molar-refractivity contribution < 1.29 is 24.3 Å². The van der Waals surface area contributed by atoms with E-state index in [0.717, 1.165) is 5.56 Å². The molecule has 1 aromatic heterocycles. The molecule has 230 valence electrons. The Kier molecular flexibility index (Phi) is 14.5. The van der Waals surface area contributed by atoms with Crippen LogP contribution in [-0.4, -0.2) is 82.0 Å². The van der Waals surface area contributed by atoms with Crippen LogP contribution in [0.5, 0.6) is 0 Å². The predicted octanol–water partition coefficient (Wildman–Crippen LogP) is -1.76. The van der Waals surface area contributed by atoms with Gasteiger partial charge in [-0.05, 0) is 50.6 Å². The van der Waals surface area contributed by atoms with Crippen LogP contribution < -0.4 is 38.9 Å². The van der Waals surface area contributed by atoms with Gasteiger partial charge in [-0.25, -0.2) is 9.78 Å². The van der Waals surface area contributed by atoms with E-state index in [-0.39, 0.29) is 38.2 Å². The molecule has 0 aliphatic heterocycles. The average molecular weight is 587 g/mol. The lowest BCUT2D eigenvalue weighted by atomic mass is 10.0. The molecule has 0 saturated heterocycles. The van der Waals surface area contributed by atoms with Gasteiger partial charge < -0.3 is 49.0 Å². The van der Waals surface area contributed by atoms with Gasteiger partial charge in [0.25, 0.3) is 0 Å². The summed E-state index contributed by atoms with van der Waals surface area (Å²) in [5, 5.41) is 17.5. The quantitative estimate of drug-likeness (QED) is 0.0508. The fourth-order valence-electron chi connectivity index (χ4n) is 4.13. The van der Waals surface area contributed by atoms with Crippen molar-refractivity contribution in [1.29, 1.82) is 0 Å². The molecule has 15 nitrogen and oxygen atoms in total. The van der Waals surface area contributed by atoms with Crippen molar-refractivity contribution in [3.05, 3.63) is 54.1 Å². The Bertz CT molecular complexity index is 1160. The molecule has 0 radical (unpaired) electrons. The summed E-state index contributed by atoms with van der Waals surface area (Å²) < 4.78 is 0. The van der Waals surface area contributed by atoms with Crippen LogP contribution in [0.15, 0.2) is 47.8 Å². The first-order chi connectivity index (χ1) is 20.1. The second-order valence-corrected chi connectivity index (χ2v) is 9.83. The summed E-state index contributed by atoms with van der Waals surface area (Å²) in [5.41, 5.74) is 23.9. The third-order valence-corrected chi connectivity index (χ3v) is 6.39. The molecule has 0 saturated carbocycles. The first kappa shape index (κ1) is 33.7. The minimum atomic E-state index is -1.27. The Morgan fingerprint density at radius 2 is 1.50 bits per heavy atom. The number of carbonyl (C=O) groups is 4. The summed E-state index contributed by atoms with van der Waals surface area (Å²) in [7, 11) is 0. The number of guanidine groups is 1. The monoisotopic (exact) mass is 586 g/mol. The molecular formula is C27H42N10O5. The van der Waals surface area contributed by atoms with E-state index in [1.807, 2.05) is 30.3 Å². The molecule has 3 amide bonds. The number of carboxylic acids is 1. The Labute approximate surface area is 244 Å². The first-order valence-corrected chi connectivity index (χ1v) is 13.8. The number of amides is 3. The molecule has 0 bridgehead atoms. The molecule has 4 unspecified atom stereocenters. The number of aromatic amines is 1. The van der Waals surface area contributed by atoms with Gasteiger partial charge in [-0.1, -0.05) is 30.3 Å². The zero-order valence-electron chi connectivity index (χ0n) is 23.5. The lowest BCUT2D eigenvalue weighted by Crippen LogP contribution is -2.57. The van der Waals surface area contributed by atoms with Gasteiger partial charge in [-0.15, -0.1) is 0 Å². The van der Waals surface area contributed by atoms with Gasteiger partial charge in [0.2, 0.25) is 17.7 Å². The molecule has 1 aromatic carbocycles. The number of H-pyrrole nitrogens is 1. The van der Waals surface area contributed by atoms with Gasteiger partial charge in [0, 0.05) is 24.9 Å². The number of aliphatic carboxylic acids is 1. The highest BCUT2D eigenvalue weighted by atomic mass is 16.4. The number of aliphatic imine (C=N–C) groups is 1. The minimum absolute atomic E-state index is 0.0344. The molecule has 1 heterocycles. The summed E-state index contributed by atoms with van der Waals surface area (Å²) in [6.07, 6.45) is 4.87. The van der Waals surface area contributed by atoms with E-state index in [9.17, 15) is 24.3 Å². The lowest BCUT2D eigenvalue weighted by molar-refractivity contribution is -0.142. The third kappa shape index (κ3) is 12.3.